The number of ether oxygens (including phenoxy) is 6. The van der Waals surface area contributed by atoms with Gasteiger partial charge in [0.1, 0.15) is 17.2 Å². The predicted octanol–water partition coefficient (Wildman–Crippen LogP) is 7.60. The monoisotopic (exact) mass is 678 g/mol. The van der Waals surface area contributed by atoms with Crippen LogP contribution in [0.5, 0.6) is 17.2 Å². The van der Waals surface area contributed by atoms with Crippen LogP contribution in [0.15, 0.2) is 115 Å². The predicted molar refractivity (Wildman–Crippen MR) is 186 cm³/mol. The highest BCUT2D eigenvalue weighted by Crippen LogP contribution is 2.50. The van der Waals surface area contributed by atoms with Crippen LogP contribution < -0.4 is 14.2 Å². The second-order valence-corrected chi connectivity index (χ2v) is 11.8. The lowest BCUT2D eigenvalue weighted by molar-refractivity contribution is -0.149. The maximum absolute atomic E-state index is 12.9. The van der Waals surface area contributed by atoms with E-state index in [0.29, 0.717) is 33.9 Å². The van der Waals surface area contributed by atoms with Crippen molar-refractivity contribution >= 4 is 23.9 Å². The molecule has 0 spiro atoms. The van der Waals surface area contributed by atoms with Crippen LogP contribution in [0.4, 0.5) is 0 Å². The number of hydrogen-bond acceptors (Lipinski definition) is 10. The zero-order valence-electron chi connectivity index (χ0n) is 28.6. The first kappa shape index (κ1) is 36.8. The number of fused-ring (bicyclic) bond motifs is 3. The average Bonchev–Trinajstić information content (AvgIpc) is 3.32. The molecule has 1 aliphatic rings. The molecule has 0 unspecified atom stereocenters. The molecule has 10 heteroatoms. The van der Waals surface area contributed by atoms with E-state index in [1.807, 2.05) is 30.3 Å². The van der Waals surface area contributed by atoms with Gasteiger partial charge in [0, 0.05) is 23.7 Å². The molecule has 10 nitrogen and oxygen atoms in total. The number of rotatable bonds is 11. The van der Waals surface area contributed by atoms with Crippen molar-refractivity contribution in [3.05, 3.63) is 138 Å². The van der Waals surface area contributed by atoms with E-state index in [9.17, 15) is 19.2 Å². The molecule has 0 saturated carbocycles. The molecular weight excluding hydrogens is 640 g/mol. The lowest BCUT2D eigenvalue weighted by atomic mass is 9.82. The van der Waals surface area contributed by atoms with Crippen molar-refractivity contribution in [2.24, 2.45) is 0 Å². The van der Waals surface area contributed by atoms with Gasteiger partial charge in [-0.2, -0.15) is 0 Å². The summed E-state index contributed by atoms with van der Waals surface area (Å²) in [4.78, 5) is 47.4. The molecule has 0 saturated heterocycles. The van der Waals surface area contributed by atoms with Gasteiger partial charge in [0.05, 0.1) is 11.1 Å². The molecule has 5 rings (SSSR count). The van der Waals surface area contributed by atoms with Gasteiger partial charge in [0.25, 0.3) is 0 Å². The number of carbonyl (C=O) groups is 4. The van der Waals surface area contributed by atoms with E-state index in [0.717, 1.165) is 22.3 Å². The maximum atomic E-state index is 12.9. The van der Waals surface area contributed by atoms with Gasteiger partial charge in [0.2, 0.25) is 6.79 Å². The van der Waals surface area contributed by atoms with E-state index < -0.39 is 29.3 Å². The van der Waals surface area contributed by atoms with E-state index in [1.54, 1.807) is 74.5 Å². The maximum Gasteiger partial charge on any atom is 0.343 e. The van der Waals surface area contributed by atoms with Crippen LogP contribution >= 0.6 is 0 Å². The van der Waals surface area contributed by atoms with E-state index in [1.165, 1.54) is 7.11 Å². The Hall–Kier alpha value is -6.00. The van der Waals surface area contributed by atoms with Crippen molar-refractivity contribution in [3.8, 4) is 28.4 Å². The second-order valence-electron chi connectivity index (χ2n) is 11.8. The number of benzene rings is 4. The van der Waals surface area contributed by atoms with Crippen LogP contribution in [0.1, 0.15) is 59.5 Å². The zero-order valence-corrected chi connectivity index (χ0v) is 28.6. The Bertz CT molecular complexity index is 1910. The summed E-state index contributed by atoms with van der Waals surface area (Å²) in [6, 6.07) is 26.4. The Morgan fingerprint density at radius 2 is 1.04 bits per heavy atom. The van der Waals surface area contributed by atoms with Gasteiger partial charge in [-0.15, -0.1) is 0 Å². The minimum absolute atomic E-state index is 0.00824. The first-order chi connectivity index (χ1) is 23.8. The third-order valence-electron chi connectivity index (χ3n) is 7.56. The molecule has 4 aromatic carbocycles. The quantitative estimate of drug-likeness (QED) is 0.0678. The molecule has 0 heterocycles. The smallest absolute Gasteiger partial charge is 0.343 e. The third-order valence-corrected chi connectivity index (χ3v) is 7.56. The van der Waals surface area contributed by atoms with Crippen LogP contribution in [-0.4, -0.2) is 44.6 Å². The van der Waals surface area contributed by atoms with Crippen molar-refractivity contribution in [1.29, 1.82) is 0 Å². The van der Waals surface area contributed by atoms with E-state index in [-0.39, 0.29) is 19.2 Å². The number of esters is 4. The zero-order chi connectivity index (χ0) is 36.4. The third kappa shape index (κ3) is 9.12. The van der Waals surface area contributed by atoms with Crippen molar-refractivity contribution in [2.75, 3.05) is 20.7 Å². The van der Waals surface area contributed by atoms with Crippen LogP contribution in [0.25, 0.3) is 11.1 Å². The molecule has 1 aliphatic carbocycles. The summed E-state index contributed by atoms with van der Waals surface area (Å²) in [5, 5.41) is 0. The molecule has 0 bridgehead atoms. The Labute approximate surface area is 290 Å². The van der Waals surface area contributed by atoms with Crippen molar-refractivity contribution in [1.82, 2.24) is 0 Å². The van der Waals surface area contributed by atoms with Crippen LogP contribution in [0.2, 0.25) is 0 Å². The summed E-state index contributed by atoms with van der Waals surface area (Å²) in [6.45, 7) is 13.9. The summed E-state index contributed by atoms with van der Waals surface area (Å²) in [5.41, 5.74) is 5.13. The first-order valence-electron chi connectivity index (χ1n) is 15.5. The first-order valence-corrected chi connectivity index (χ1v) is 15.5. The SMILES string of the molecule is C=C(C)C(=O)OCOC.C=C(C)C(=O)OCOc1ccc(C(=O)Oc2ccc3c(c2)C(C)(C)c2cc(OC(=O)c4ccccc4)ccc2-3)cc1. The lowest BCUT2D eigenvalue weighted by Gasteiger charge is -2.22. The molecule has 4 aromatic rings. The summed E-state index contributed by atoms with van der Waals surface area (Å²) in [6.07, 6.45) is 0. The van der Waals surface area contributed by atoms with E-state index in [4.69, 9.17) is 18.9 Å². The van der Waals surface area contributed by atoms with Gasteiger partial charge in [-0.3, -0.25) is 0 Å². The number of carbonyl (C=O) groups excluding carboxylic acids is 4. The fourth-order valence-corrected chi connectivity index (χ4v) is 4.93. The molecule has 0 N–H and O–H groups in total. The Morgan fingerprint density at radius 3 is 1.50 bits per heavy atom. The molecular formula is C40H38O10. The second kappa shape index (κ2) is 16.4. The average molecular weight is 679 g/mol. The van der Waals surface area contributed by atoms with Crippen LogP contribution in [-0.2, 0) is 29.2 Å². The van der Waals surface area contributed by atoms with Gasteiger partial charge in [-0.1, -0.05) is 57.3 Å². The Morgan fingerprint density at radius 1 is 0.600 bits per heavy atom. The lowest BCUT2D eigenvalue weighted by Crippen LogP contribution is -2.16. The minimum Gasteiger partial charge on any atom is -0.457 e. The molecule has 0 radical (unpaired) electrons. The van der Waals surface area contributed by atoms with Crippen molar-refractivity contribution in [2.45, 2.75) is 33.1 Å². The van der Waals surface area contributed by atoms with E-state index in [2.05, 4.69) is 36.5 Å². The standard InChI is InChI=1S/C34H28O7.C6H10O3/c1-21(2)31(35)39-20-38-24-12-10-23(11-13-24)33(37)41-26-15-17-28-27-16-14-25(18-29(27)34(3,4)30(28)19-26)40-32(36)22-8-6-5-7-9-22;1-5(2)6(7)9-4-8-3/h5-19H,1,20H2,2-4H3;1,4H2,2-3H3. The fraction of sp³-hybridized carbons (Fsp3) is 0.200. The topological polar surface area (TPSA) is 124 Å². The molecule has 0 atom stereocenters. The highest BCUT2D eigenvalue weighted by Gasteiger charge is 2.36. The van der Waals surface area contributed by atoms with Crippen LogP contribution in [0.3, 0.4) is 0 Å². The summed E-state index contributed by atoms with van der Waals surface area (Å²) >= 11 is 0. The summed E-state index contributed by atoms with van der Waals surface area (Å²) in [5.74, 6) is -0.590. The molecule has 0 amide bonds. The molecule has 0 fully saturated rings. The fourth-order valence-electron chi connectivity index (χ4n) is 4.93. The van der Waals surface area contributed by atoms with Gasteiger partial charge in [-0.05, 0) is 96.8 Å². The highest BCUT2D eigenvalue weighted by molar-refractivity contribution is 5.92. The molecule has 0 aliphatic heterocycles. The highest BCUT2D eigenvalue weighted by atomic mass is 16.7. The van der Waals surface area contributed by atoms with Crippen LogP contribution in [0, 0.1) is 0 Å². The summed E-state index contributed by atoms with van der Waals surface area (Å²) in [7, 11) is 1.45. The minimum atomic E-state index is -0.544. The van der Waals surface area contributed by atoms with E-state index >= 15 is 0 Å². The molecule has 258 valence electrons. The van der Waals surface area contributed by atoms with Gasteiger partial charge >= 0.3 is 23.9 Å². The molecule has 0 aromatic heterocycles. The van der Waals surface area contributed by atoms with Crippen molar-refractivity contribution < 1.29 is 47.6 Å². The van der Waals surface area contributed by atoms with Gasteiger partial charge in [-0.25, -0.2) is 19.2 Å². The number of methoxy groups -OCH3 is 1. The largest absolute Gasteiger partial charge is 0.457 e. The Kier molecular flexibility index (Phi) is 12.1. The normalized spacial score (nSPS) is 11.8. The van der Waals surface area contributed by atoms with Gasteiger partial charge in [0.15, 0.2) is 6.79 Å². The molecule has 50 heavy (non-hydrogen) atoms. The van der Waals surface area contributed by atoms with Crippen molar-refractivity contribution in [3.63, 3.8) is 0 Å². The number of hydrogen-bond donors (Lipinski definition) is 0. The summed E-state index contributed by atoms with van der Waals surface area (Å²) < 4.78 is 30.6. The Balaban J connectivity index is 0.000000551. The van der Waals surface area contributed by atoms with Gasteiger partial charge < -0.3 is 28.4 Å².